The fourth-order valence-corrected chi connectivity index (χ4v) is 8.93. The van der Waals surface area contributed by atoms with E-state index in [-0.39, 0.29) is 12.5 Å². The first-order chi connectivity index (χ1) is 32.3. The molecule has 9 nitrogen and oxygen atoms in total. The summed E-state index contributed by atoms with van der Waals surface area (Å²) in [5.74, 6) is -0.184. The summed E-state index contributed by atoms with van der Waals surface area (Å²) in [6.45, 7) is 3.78. The second kappa shape index (κ2) is 47.1. The summed E-state index contributed by atoms with van der Waals surface area (Å²) in [4.78, 5) is 13.0. The van der Waals surface area contributed by atoms with E-state index in [4.69, 9.17) is 9.47 Å². The molecule has 1 rings (SSSR count). The van der Waals surface area contributed by atoms with Gasteiger partial charge in [0.15, 0.2) is 6.29 Å². The van der Waals surface area contributed by atoms with Gasteiger partial charge in [0.2, 0.25) is 5.91 Å². The third kappa shape index (κ3) is 36.4. The summed E-state index contributed by atoms with van der Waals surface area (Å²) < 4.78 is 11.2. The van der Waals surface area contributed by atoms with Gasteiger partial charge in [-0.1, -0.05) is 237 Å². The van der Waals surface area contributed by atoms with Gasteiger partial charge in [0, 0.05) is 6.42 Å². The van der Waals surface area contributed by atoms with Crippen LogP contribution in [0.2, 0.25) is 0 Å². The van der Waals surface area contributed by atoms with Gasteiger partial charge in [0.1, 0.15) is 24.4 Å². The van der Waals surface area contributed by atoms with Crippen LogP contribution in [-0.4, -0.2) is 87.5 Å². The Hall–Kier alpha value is -1.59. The Morgan fingerprint density at radius 2 is 0.864 bits per heavy atom. The summed E-state index contributed by atoms with van der Waals surface area (Å²) >= 11 is 0. The normalized spacial score (nSPS) is 20.0. The zero-order valence-electron chi connectivity index (χ0n) is 43.0. The first kappa shape index (κ1) is 62.4. The first-order valence-corrected chi connectivity index (χ1v) is 28.2. The minimum atomic E-state index is -1.57. The Morgan fingerprint density at radius 1 is 0.500 bits per heavy atom. The maximum Gasteiger partial charge on any atom is 0.220 e. The molecule has 1 fully saturated rings. The quantitative estimate of drug-likeness (QED) is 0.0261. The smallest absolute Gasteiger partial charge is 0.220 e. The molecule has 1 aliphatic heterocycles. The molecular formula is C57H107NO8. The number of ether oxygens (including phenoxy) is 2. The van der Waals surface area contributed by atoms with Crippen molar-refractivity contribution in [1.29, 1.82) is 0 Å². The molecule has 0 aromatic carbocycles. The molecule has 1 aliphatic rings. The van der Waals surface area contributed by atoms with Gasteiger partial charge in [-0.05, 0) is 57.8 Å². The molecule has 6 N–H and O–H groups in total. The van der Waals surface area contributed by atoms with Crippen LogP contribution in [-0.2, 0) is 14.3 Å². The van der Waals surface area contributed by atoms with Crippen LogP contribution in [0.25, 0.3) is 0 Å². The average molecular weight is 934 g/mol. The average Bonchev–Trinajstić information content (AvgIpc) is 3.32. The van der Waals surface area contributed by atoms with Gasteiger partial charge in [0.05, 0.1) is 25.4 Å². The molecule has 1 saturated heterocycles. The zero-order valence-corrected chi connectivity index (χ0v) is 43.0. The van der Waals surface area contributed by atoms with Crippen molar-refractivity contribution >= 4 is 5.91 Å². The maximum atomic E-state index is 13.0. The summed E-state index contributed by atoms with van der Waals surface area (Å²) in [5.41, 5.74) is 0. The molecule has 9 heteroatoms. The van der Waals surface area contributed by atoms with Crippen LogP contribution in [0.5, 0.6) is 0 Å². The number of allylic oxidation sites excluding steroid dienone is 5. The molecule has 388 valence electrons. The number of aliphatic hydroxyl groups is 5. The molecule has 0 aromatic heterocycles. The van der Waals surface area contributed by atoms with Gasteiger partial charge < -0.3 is 40.3 Å². The lowest BCUT2D eigenvalue weighted by Gasteiger charge is -2.40. The van der Waals surface area contributed by atoms with E-state index in [1.807, 2.05) is 6.08 Å². The molecule has 1 heterocycles. The maximum absolute atomic E-state index is 13.0. The number of hydrogen-bond donors (Lipinski definition) is 6. The van der Waals surface area contributed by atoms with Crippen molar-refractivity contribution in [2.24, 2.45) is 0 Å². The fraction of sp³-hybridized carbons (Fsp3) is 0.877. The van der Waals surface area contributed by atoms with E-state index >= 15 is 0 Å². The molecule has 0 radical (unpaired) electrons. The topological polar surface area (TPSA) is 149 Å². The highest BCUT2D eigenvalue weighted by molar-refractivity contribution is 5.76. The third-order valence-corrected chi connectivity index (χ3v) is 13.4. The number of carbonyl (C=O) groups excluding carboxylic acids is 1. The number of amides is 1. The monoisotopic (exact) mass is 934 g/mol. The fourth-order valence-electron chi connectivity index (χ4n) is 8.93. The molecule has 1 amide bonds. The highest BCUT2D eigenvalue weighted by Gasteiger charge is 2.44. The molecule has 0 aliphatic carbocycles. The summed E-state index contributed by atoms with van der Waals surface area (Å²) in [6, 6.07) is -0.821. The van der Waals surface area contributed by atoms with Crippen molar-refractivity contribution in [3.05, 3.63) is 36.5 Å². The summed E-state index contributed by atoms with van der Waals surface area (Å²) in [7, 11) is 0. The number of carbonyl (C=O) groups is 1. The predicted molar refractivity (Wildman–Crippen MR) is 276 cm³/mol. The number of aliphatic hydroxyl groups excluding tert-OH is 5. The van der Waals surface area contributed by atoms with Crippen molar-refractivity contribution in [3.8, 4) is 0 Å². The minimum absolute atomic E-state index is 0.184. The third-order valence-electron chi connectivity index (χ3n) is 13.4. The molecule has 0 spiro atoms. The Kier molecular flexibility index (Phi) is 44.6. The minimum Gasteiger partial charge on any atom is -0.394 e. The van der Waals surface area contributed by atoms with Gasteiger partial charge in [-0.2, -0.15) is 0 Å². The molecular weight excluding hydrogens is 827 g/mol. The lowest BCUT2D eigenvalue weighted by atomic mass is 9.99. The van der Waals surface area contributed by atoms with E-state index < -0.39 is 49.5 Å². The van der Waals surface area contributed by atoms with Crippen molar-refractivity contribution in [1.82, 2.24) is 5.32 Å². The number of nitrogens with one attached hydrogen (secondary N) is 1. The molecule has 7 atom stereocenters. The Morgan fingerprint density at radius 3 is 1.27 bits per heavy atom. The Balaban J connectivity index is 2.24. The number of hydrogen-bond acceptors (Lipinski definition) is 8. The molecule has 0 aromatic rings. The molecule has 66 heavy (non-hydrogen) atoms. The van der Waals surface area contributed by atoms with Gasteiger partial charge in [-0.25, -0.2) is 0 Å². The van der Waals surface area contributed by atoms with Crippen LogP contribution in [0.4, 0.5) is 0 Å². The van der Waals surface area contributed by atoms with Crippen molar-refractivity contribution in [3.63, 3.8) is 0 Å². The lowest BCUT2D eigenvalue weighted by molar-refractivity contribution is -0.302. The largest absolute Gasteiger partial charge is 0.394 e. The lowest BCUT2D eigenvalue weighted by Crippen LogP contribution is -2.60. The number of unbranched alkanes of at least 4 members (excludes halogenated alkanes) is 34. The van der Waals surface area contributed by atoms with E-state index in [1.165, 1.54) is 205 Å². The molecule has 0 saturated carbocycles. The van der Waals surface area contributed by atoms with Crippen LogP contribution in [0.1, 0.15) is 264 Å². The van der Waals surface area contributed by atoms with Crippen molar-refractivity contribution in [2.75, 3.05) is 13.2 Å². The van der Waals surface area contributed by atoms with Crippen LogP contribution in [0.15, 0.2) is 36.5 Å². The van der Waals surface area contributed by atoms with Crippen molar-refractivity contribution < 1.29 is 39.8 Å². The summed E-state index contributed by atoms with van der Waals surface area (Å²) in [5, 5.41) is 54.4. The Labute approximate surface area is 406 Å². The second-order valence-electron chi connectivity index (χ2n) is 19.7. The van der Waals surface area contributed by atoms with E-state index in [2.05, 4.69) is 43.5 Å². The van der Waals surface area contributed by atoms with Gasteiger partial charge in [-0.3, -0.25) is 4.79 Å². The molecule has 0 bridgehead atoms. The van der Waals surface area contributed by atoms with Crippen LogP contribution >= 0.6 is 0 Å². The van der Waals surface area contributed by atoms with Gasteiger partial charge in [-0.15, -0.1) is 0 Å². The summed E-state index contributed by atoms with van der Waals surface area (Å²) in [6.07, 6.45) is 53.5. The molecule has 7 unspecified atom stereocenters. The number of rotatable bonds is 48. The van der Waals surface area contributed by atoms with Gasteiger partial charge >= 0.3 is 0 Å². The Bertz CT molecular complexity index is 1130. The zero-order chi connectivity index (χ0) is 48.0. The highest BCUT2D eigenvalue weighted by atomic mass is 16.7. The van der Waals surface area contributed by atoms with E-state index in [1.54, 1.807) is 6.08 Å². The van der Waals surface area contributed by atoms with Crippen LogP contribution < -0.4 is 5.32 Å². The predicted octanol–water partition coefficient (Wildman–Crippen LogP) is 13.6. The van der Waals surface area contributed by atoms with Crippen LogP contribution in [0, 0.1) is 0 Å². The van der Waals surface area contributed by atoms with Crippen molar-refractivity contribution in [2.45, 2.75) is 307 Å². The first-order valence-electron chi connectivity index (χ1n) is 28.2. The van der Waals surface area contributed by atoms with E-state index in [0.29, 0.717) is 6.42 Å². The van der Waals surface area contributed by atoms with E-state index in [0.717, 1.165) is 38.5 Å². The SMILES string of the molecule is CCCCCCCCCC/C=C\CCCCCCCCCCCCCCCC(=O)NC(COC1OC(CO)C(O)C(O)C1O)C(O)/C=C/CC/C=C/CCCCCCCCCCCCCC. The van der Waals surface area contributed by atoms with E-state index in [9.17, 15) is 30.3 Å². The highest BCUT2D eigenvalue weighted by Crippen LogP contribution is 2.23. The second-order valence-corrected chi connectivity index (χ2v) is 19.7. The van der Waals surface area contributed by atoms with Crippen LogP contribution in [0.3, 0.4) is 0 Å². The standard InChI is InChI=1S/C57H107NO8/c1-3-5-7-9-11-13-15-17-19-21-23-24-25-26-27-28-29-31-33-35-37-39-41-43-45-47-53(61)58-50(49-65-57-56(64)55(63)54(62)52(48-59)66-57)51(60)46-44-42-40-38-36-34-32-30-22-20-18-16-14-12-10-8-6-4-2/h21,23,36,38,44,46,50-52,54-57,59-60,62-64H,3-20,22,24-35,37,39-43,45,47-49H2,1-2H3,(H,58,61)/b23-21-,38-36+,46-44+. The van der Waals surface area contributed by atoms with Gasteiger partial charge in [0.25, 0.3) is 0 Å².